The predicted octanol–water partition coefficient (Wildman–Crippen LogP) is 5.51. The normalized spacial score (nSPS) is 38.1. The van der Waals surface area contributed by atoms with Crippen molar-refractivity contribution >= 4 is 32.6 Å². The van der Waals surface area contributed by atoms with Gasteiger partial charge in [0.05, 0.1) is 15.6 Å². The van der Waals surface area contributed by atoms with Crippen LogP contribution in [-0.4, -0.2) is 10.9 Å². The van der Waals surface area contributed by atoms with Crippen LogP contribution in [0.15, 0.2) is 12.1 Å². The van der Waals surface area contributed by atoms with Gasteiger partial charge in [0, 0.05) is 6.07 Å². The molecule has 1 aromatic carbocycles. The number of rotatable bonds is 2. The van der Waals surface area contributed by atoms with Crippen LogP contribution in [0.4, 0.5) is 13.9 Å². The third-order valence-corrected chi connectivity index (χ3v) is 7.69. The molecule has 1 aromatic heterocycles. The molecule has 1 heterocycles. The molecule has 4 aliphatic rings. The van der Waals surface area contributed by atoms with Crippen molar-refractivity contribution in [1.29, 1.82) is 0 Å². The van der Waals surface area contributed by atoms with E-state index >= 15 is 0 Å². The molecule has 1 amide bonds. The Kier molecular flexibility index (Phi) is 3.21. The van der Waals surface area contributed by atoms with E-state index in [0.717, 1.165) is 31.4 Å². The van der Waals surface area contributed by atoms with E-state index in [4.69, 9.17) is 0 Å². The molecule has 1 N–H and O–H groups in total. The van der Waals surface area contributed by atoms with Crippen molar-refractivity contribution in [3.8, 4) is 0 Å². The Morgan fingerprint density at radius 1 is 1.12 bits per heavy atom. The zero-order chi connectivity index (χ0) is 18.3. The molecule has 0 spiro atoms. The number of aromatic nitrogens is 1. The maximum Gasteiger partial charge on any atom is 0.232 e. The molecule has 26 heavy (non-hydrogen) atoms. The smallest absolute Gasteiger partial charge is 0.232 e. The number of hydrogen-bond donors (Lipinski definition) is 1. The summed E-state index contributed by atoms with van der Waals surface area (Å²) in [6, 6.07) is 2.23. The van der Waals surface area contributed by atoms with Crippen LogP contribution in [0, 0.1) is 33.8 Å². The zero-order valence-electron chi connectivity index (χ0n) is 15.0. The van der Waals surface area contributed by atoms with E-state index in [0.29, 0.717) is 21.3 Å². The van der Waals surface area contributed by atoms with Crippen LogP contribution in [-0.2, 0) is 4.79 Å². The van der Waals surface area contributed by atoms with E-state index in [-0.39, 0.29) is 22.2 Å². The SMILES string of the molecule is CC12CC3CC(C)(C1)CC(C(=O)Nc1nc4cc(F)c(F)cc4s1)(C3)C2. The van der Waals surface area contributed by atoms with Gasteiger partial charge in [-0.05, 0) is 61.3 Å². The van der Waals surface area contributed by atoms with Gasteiger partial charge >= 0.3 is 0 Å². The van der Waals surface area contributed by atoms with Crippen molar-refractivity contribution in [2.24, 2.45) is 22.2 Å². The fraction of sp³-hybridized carbons (Fsp3) is 0.600. The van der Waals surface area contributed by atoms with Crippen LogP contribution in [0.25, 0.3) is 10.2 Å². The van der Waals surface area contributed by atoms with E-state index in [1.165, 1.54) is 30.6 Å². The van der Waals surface area contributed by atoms with Gasteiger partial charge in [-0.2, -0.15) is 0 Å². The first-order chi connectivity index (χ1) is 12.2. The molecule has 0 aliphatic heterocycles. The topological polar surface area (TPSA) is 42.0 Å². The second kappa shape index (κ2) is 5.03. The van der Waals surface area contributed by atoms with Crippen LogP contribution in [0.3, 0.4) is 0 Å². The lowest BCUT2D eigenvalue weighted by molar-refractivity contribution is -0.165. The van der Waals surface area contributed by atoms with Crippen molar-refractivity contribution in [3.05, 3.63) is 23.8 Å². The summed E-state index contributed by atoms with van der Waals surface area (Å²) in [5.41, 5.74) is 0.571. The highest BCUT2D eigenvalue weighted by atomic mass is 32.1. The molecule has 0 saturated heterocycles. The number of thiazole rings is 1. The third kappa shape index (κ3) is 2.41. The van der Waals surface area contributed by atoms with Crippen molar-refractivity contribution in [2.75, 3.05) is 5.32 Å². The molecule has 6 rings (SSSR count). The summed E-state index contributed by atoms with van der Waals surface area (Å²) < 4.78 is 27.4. The molecule has 0 radical (unpaired) electrons. The fourth-order valence-corrected chi connectivity index (χ4v) is 7.78. The number of fused-ring (bicyclic) bond motifs is 1. The van der Waals surface area contributed by atoms with Crippen LogP contribution < -0.4 is 5.32 Å². The van der Waals surface area contributed by atoms with Gasteiger partial charge in [-0.1, -0.05) is 25.2 Å². The van der Waals surface area contributed by atoms with Crippen LogP contribution in [0.2, 0.25) is 0 Å². The number of carbonyl (C=O) groups is 1. The van der Waals surface area contributed by atoms with Crippen LogP contribution in [0.5, 0.6) is 0 Å². The molecule has 4 saturated carbocycles. The molecular weight excluding hydrogens is 354 g/mol. The average Bonchev–Trinajstić information content (AvgIpc) is 2.85. The number of halogens is 2. The fourth-order valence-electron chi connectivity index (χ4n) is 6.91. The van der Waals surface area contributed by atoms with Gasteiger partial charge < -0.3 is 5.32 Å². The summed E-state index contributed by atoms with van der Waals surface area (Å²) in [5, 5.41) is 3.42. The predicted molar refractivity (Wildman–Crippen MR) is 98.0 cm³/mol. The minimum absolute atomic E-state index is 0.0408. The van der Waals surface area contributed by atoms with Gasteiger partial charge in [0.1, 0.15) is 0 Å². The number of anilines is 1. The molecule has 2 aromatic rings. The van der Waals surface area contributed by atoms with E-state index < -0.39 is 11.6 Å². The van der Waals surface area contributed by atoms with Gasteiger partial charge in [0.2, 0.25) is 5.91 Å². The summed E-state index contributed by atoms with van der Waals surface area (Å²) in [5.74, 6) is -1.13. The Morgan fingerprint density at radius 3 is 2.42 bits per heavy atom. The standard InChI is InChI=1S/C20H22F2N2OS/c1-18-5-11-6-19(2,8-18)10-20(7-11,9-18)16(25)24-17-23-14-3-12(21)13(22)4-15(14)26-17/h3-4,11H,5-10H2,1-2H3,(H,23,24,25). The minimum Gasteiger partial charge on any atom is -0.301 e. The van der Waals surface area contributed by atoms with Crippen molar-refractivity contribution < 1.29 is 13.6 Å². The monoisotopic (exact) mass is 376 g/mol. The van der Waals surface area contributed by atoms with Gasteiger partial charge in [-0.3, -0.25) is 4.79 Å². The summed E-state index contributed by atoms with van der Waals surface area (Å²) >= 11 is 1.20. The highest BCUT2D eigenvalue weighted by Crippen LogP contribution is 2.69. The lowest BCUT2D eigenvalue weighted by Gasteiger charge is -2.64. The summed E-state index contributed by atoms with van der Waals surface area (Å²) in [6.07, 6.45) is 6.51. The lowest BCUT2D eigenvalue weighted by Crippen LogP contribution is -2.58. The first kappa shape index (κ1) is 16.6. The average molecular weight is 376 g/mol. The Bertz CT molecular complexity index is 882. The van der Waals surface area contributed by atoms with Crippen LogP contribution >= 0.6 is 11.3 Å². The van der Waals surface area contributed by atoms with Crippen molar-refractivity contribution in [2.45, 2.75) is 52.4 Å². The largest absolute Gasteiger partial charge is 0.301 e. The number of hydrogen-bond acceptors (Lipinski definition) is 3. The van der Waals surface area contributed by atoms with E-state index in [2.05, 4.69) is 24.1 Å². The zero-order valence-corrected chi connectivity index (χ0v) is 15.8. The van der Waals surface area contributed by atoms with E-state index in [1.54, 1.807) is 0 Å². The molecule has 2 unspecified atom stereocenters. The third-order valence-electron chi connectivity index (χ3n) is 6.76. The molecule has 138 valence electrons. The Hall–Kier alpha value is -1.56. The summed E-state index contributed by atoms with van der Waals surface area (Å²) in [4.78, 5) is 17.6. The lowest BCUT2D eigenvalue weighted by atomic mass is 9.40. The Labute approximate surface area is 155 Å². The second-order valence-corrected chi connectivity index (χ2v) is 10.6. The maximum atomic E-state index is 13.4. The Morgan fingerprint density at radius 2 is 1.77 bits per heavy atom. The van der Waals surface area contributed by atoms with Gasteiger partial charge in [-0.25, -0.2) is 13.8 Å². The molecule has 4 aliphatic carbocycles. The maximum absolute atomic E-state index is 13.4. The number of carbonyl (C=O) groups excluding carboxylic acids is 1. The number of nitrogens with one attached hydrogen (secondary N) is 1. The molecule has 4 fully saturated rings. The first-order valence-electron chi connectivity index (χ1n) is 9.25. The van der Waals surface area contributed by atoms with Gasteiger partial charge in [0.15, 0.2) is 16.8 Å². The van der Waals surface area contributed by atoms with Gasteiger partial charge in [-0.15, -0.1) is 0 Å². The highest BCUT2D eigenvalue weighted by Gasteiger charge is 2.62. The van der Waals surface area contributed by atoms with Gasteiger partial charge in [0.25, 0.3) is 0 Å². The molecule has 6 heteroatoms. The molecule has 2 atom stereocenters. The highest BCUT2D eigenvalue weighted by molar-refractivity contribution is 7.22. The van der Waals surface area contributed by atoms with Crippen LogP contribution in [0.1, 0.15) is 52.4 Å². The first-order valence-corrected chi connectivity index (χ1v) is 10.1. The van der Waals surface area contributed by atoms with E-state index in [1.807, 2.05) is 0 Å². The summed E-state index contributed by atoms with van der Waals surface area (Å²) in [6.45, 7) is 4.67. The number of amides is 1. The Balaban J connectivity index is 1.45. The second-order valence-electron chi connectivity index (χ2n) is 9.62. The molecule has 3 nitrogen and oxygen atoms in total. The summed E-state index contributed by atoms with van der Waals surface area (Å²) in [7, 11) is 0. The van der Waals surface area contributed by atoms with Crippen molar-refractivity contribution in [1.82, 2.24) is 4.98 Å². The number of benzene rings is 1. The molecular formula is C20H22F2N2OS. The van der Waals surface area contributed by atoms with Crippen molar-refractivity contribution in [3.63, 3.8) is 0 Å². The van der Waals surface area contributed by atoms with E-state index in [9.17, 15) is 13.6 Å². The molecule has 4 bridgehead atoms. The number of nitrogens with zero attached hydrogens (tertiary/aromatic N) is 1. The minimum atomic E-state index is -0.914. The quantitative estimate of drug-likeness (QED) is 0.751.